The maximum Gasteiger partial charge on any atom is 0.157 e. The first kappa shape index (κ1) is 8.17. The molecule has 0 unspecified atom stereocenters. The van der Waals surface area contributed by atoms with Crippen molar-refractivity contribution >= 4 is 16.7 Å². The van der Waals surface area contributed by atoms with Crippen LogP contribution in [-0.4, -0.2) is 0 Å². The zero-order valence-electron chi connectivity index (χ0n) is 7.92. The van der Waals surface area contributed by atoms with Crippen molar-refractivity contribution in [2.45, 2.75) is 20.3 Å². The monoisotopic (exact) mass is 175 g/mol. The summed E-state index contributed by atoms with van der Waals surface area (Å²) in [5, 5.41) is 1.14. The molecule has 68 valence electrons. The Kier molecular flexibility index (Phi) is 1.76. The average molecular weight is 175 g/mol. The van der Waals surface area contributed by atoms with Crippen molar-refractivity contribution in [2.24, 2.45) is 0 Å². The van der Waals surface area contributed by atoms with Crippen molar-refractivity contribution in [3.8, 4) is 0 Å². The first-order valence-corrected chi connectivity index (χ1v) is 4.50. The Morgan fingerprint density at radius 1 is 1.38 bits per heavy atom. The number of hydrogen-bond acceptors (Lipinski definition) is 2. The normalized spacial score (nSPS) is 10.9. The Morgan fingerprint density at radius 2 is 2.15 bits per heavy atom. The number of anilines is 1. The van der Waals surface area contributed by atoms with Gasteiger partial charge in [-0.05, 0) is 18.6 Å². The van der Waals surface area contributed by atoms with Crippen molar-refractivity contribution in [3.63, 3.8) is 0 Å². The highest BCUT2D eigenvalue weighted by Gasteiger charge is 2.09. The van der Waals surface area contributed by atoms with E-state index in [1.165, 1.54) is 5.56 Å². The van der Waals surface area contributed by atoms with Crippen LogP contribution < -0.4 is 5.73 Å². The molecule has 0 fully saturated rings. The van der Waals surface area contributed by atoms with Gasteiger partial charge in [-0.15, -0.1) is 0 Å². The van der Waals surface area contributed by atoms with E-state index in [9.17, 15) is 0 Å². The number of aryl methyl sites for hydroxylation is 2. The molecule has 0 bridgehead atoms. The van der Waals surface area contributed by atoms with E-state index in [-0.39, 0.29) is 0 Å². The fraction of sp³-hybridized carbons (Fsp3) is 0.273. The Labute approximate surface area is 77.3 Å². The van der Waals surface area contributed by atoms with E-state index in [0.717, 1.165) is 28.8 Å². The summed E-state index contributed by atoms with van der Waals surface area (Å²) < 4.78 is 5.65. The van der Waals surface area contributed by atoms with Crippen molar-refractivity contribution < 1.29 is 4.42 Å². The Balaban J connectivity index is 2.83. The van der Waals surface area contributed by atoms with Gasteiger partial charge in [-0.25, -0.2) is 0 Å². The van der Waals surface area contributed by atoms with E-state index in [0.29, 0.717) is 0 Å². The predicted octanol–water partition coefficient (Wildman–Crippen LogP) is 2.89. The Bertz CT molecular complexity index is 443. The largest absolute Gasteiger partial charge is 0.459 e. The number of para-hydroxylation sites is 1. The number of furan rings is 1. The van der Waals surface area contributed by atoms with E-state index in [4.69, 9.17) is 10.2 Å². The van der Waals surface area contributed by atoms with Gasteiger partial charge in [0, 0.05) is 11.8 Å². The molecule has 0 saturated carbocycles. The second kappa shape index (κ2) is 2.80. The van der Waals surface area contributed by atoms with E-state index in [2.05, 4.69) is 13.8 Å². The van der Waals surface area contributed by atoms with Gasteiger partial charge >= 0.3 is 0 Å². The van der Waals surface area contributed by atoms with Crippen LogP contribution in [0, 0.1) is 6.92 Å². The molecule has 0 aliphatic rings. The third kappa shape index (κ3) is 1.10. The van der Waals surface area contributed by atoms with Crippen LogP contribution >= 0.6 is 0 Å². The zero-order chi connectivity index (χ0) is 9.42. The molecular formula is C11H13NO. The third-order valence-electron chi connectivity index (χ3n) is 2.41. The van der Waals surface area contributed by atoms with E-state index in [1.807, 2.05) is 18.2 Å². The van der Waals surface area contributed by atoms with E-state index >= 15 is 0 Å². The summed E-state index contributed by atoms with van der Waals surface area (Å²) in [6, 6.07) is 5.87. The lowest BCUT2D eigenvalue weighted by atomic mass is 10.1. The van der Waals surface area contributed by atoms with Crippen LogP contribution in [0.25, 0.3) is 11.0 Å². The highest BCUT2D eigenvalue weighted by Crippen LogP contribution is 2.29. The molecule has 13 heavy (non-hydrogen) atoms. The van der Waals surface area contributed by atoms with Crippen molar-refractivity contribution in [2.75, 3.05) is 5.73 Å². The molecule has 1 heterocycles. The molecule has 0 atom stereocenters. The van der Waals surface area contributed by atoms with Gasteiger partial charge in [0.1, 0.15) is 5.76 Å². The minimum absolute atomic E-state index is 0.723. The molecule has 0 saturated heterocycles. The highest BCUT2D eigenvalue weighted by atomic mass is 16.3. The molecule has 0 aliphatic carbocycles. The zero-order valence-corrected chi connectivity index (χ0v) is 7.92. The van der Waals surface area contributed by atoms with Crippen LogP contribution in [0.3, 0.4) is 0 Å². The molecule has 1 aromatic heterocycles. The molecule has 0 spiro atoms. The molecule has 2 aromatic rings. The summed E-state index contributed by atoms with van der Waals surface area (Å²) >= 11 is 0. The molecule has 0 radical (unpaired) electrons. The standard InChI is InChI=1S/C11H13NO/c1-3-10-7(2)8-5-4-6-9(12)11(8)13-10/h4-6H,3,12H2,1-2H3. The topological polar surface area (TPSA) is 39.2 Å². The van der Waals surface area contributed by atoms with Gasteiger partial charge in [0.05, 0.1) is 5.69 Å². The smallest absolute Gasteiger partial charge is 0.157 e. The van der Waals surface area contributed by atoms with Crippen LogP contribution in [0.2, 0.25) is 0 Å². The molecule has 0 amide bonds. The highest BCUT2D eigenvalue weighted by molar-refractivity contribution is 5.91. The second-order valence-corrected chi connectivity index (χ2v) is 3.23. The number of rotatable bonds is 1. The van der Waals surface area contributed by atoms with Gasteiger partial charge in [0.15, 0.2) is 5.58 Å². The summed E-state index contributed by atoms with van der Waals surface area (Å²) in [6.45, 7) is 4.16. The van der Waals surface area contributed by atoms with Crippen LogP contribution in [0.4, 0.5) is 5.69 Å². The first-order chi connectivity index (χ1) is 6.24. The van der Waals surface area contributed by atoms with Crippen LogP contribution in [0.15, 0.2) is 22.6 Å². The molecule has 1 aromatic carbocycles. The summed E-state index contributed by atoms with van der Waals surface area (Å²) in [5.74, 6) is 1.04. The fourth-order valence-corrected chi connectivity index (χ4v) is 1.65. The number of benzene rings is 1. The minimum atomic E-state index is 0.723. The van der Waals surface area contributed by atoms with Gasteiger partial charge < -0.3 is 10.2 Å². The quantitative estimate of drug-likeness (QED) is 0.677. The first-order valence-electron chi connectivity index (χ1n) is 4.50. The van der Waals surface area contributed by atoms with Crippen molar-refractivity contribution in [1.82, 2.24) is 0 Å². The van der Waals surface area contributed by atoms with Crippen LogP contribution in [0.5, 0.6) is 0 Å². The molecule has 2 nitrogen and oxygen atoms in total. The van der Waals surface area contributed by atoms with E-state index < -0.39 is 0 Å². The molecule has 2 N–H and O–H groups in total. The number of nitrogens with two attached hydrogens (primary N) is 1. The molecule has 0 aliphatic heterocycles. The summed E-state index contributed by atoms with van der Waals surface area (Å²) in [7, 11) is 0. The molecule has 2 heteroatoms. The second-order valence-electron chi connectivity index (χ2n) is 3.23. The van der Waals surface area contributed by atoms with Gasteiger partial charge in [0.25, 0.3) is 0 Å². The van der Waals surface area contributed by atoms with E-state index in [1.54, 1.807) is 0 Å². The summed E-state index contributed by atoms with van der Waals surface area (Å²) in [5.41, 5.74) is 8.57. The van der Waals surface area contributed by atoms with Gasteiger partial charge in [-0.3, -0.25) is 0 Å². The maximum atomic E-state index is 5.80. The minimum Gasteiger partial charge on any atom is -0.459 e. The third-order valence-corrected chi connectivity index (χ3v) is 2.41. The van der Waals surface area contributed by atoms with Crippen molar-refractivity contribution in [1.29, 1.82) is 0 Å². The number of fused-ring (bicyclic) bond motifs is 1. The lowest BCUT2D eigenvalue weighted by Gasteiger charge is -1.92. The predicted molar refractivity (Wildman–Crippen MR) is 54.7 cm³/mol. The summed E-state index contributed by atoms with van der Waals surface area (Å²) in [4.78, 5) is 0. The maximum absolute atomic E-state index is 5.80. The van der Waals surface area contributed by atoms with Crippen molar-refractivity contribution in [3.05, 3.63) is 29.5 Å². The fourth-order valence-electron chi connectivity index (χ4n) is 1.65. The molecular weight excluding hydrogens is 162 g/mol. The van der Waals surface area contributed by atoms with Gasteiger partial charge in [0.2, 0.25) is 0 Å². The van der Waals surface area contributed by atoms with Crippen LogP contribution in [0.1, 0.15) is 18.2 Å². The van der Waals surface area contributed by atoms with Crippen LogP contribution in [-0.2, 0) is 6.42 Å². The number of hydrogen-bond donors (Lipinski definition) is 1. The lowest BCUT2D eigenvalue weighted by molar-refractivity contribution is 0.554. The van der Waals surface area contributed by atoms with Gasteiger partial charge in [-0.1, -0.05) is 19.1 Å². The Hall–Kier alpha value is -1.44. The summed E-state index contributed by atoms with van der Waals surface area (Å²) in [6.07, 6.45) is 0.917. The number of nitrogen functional groups attached to an aromatic ring is 1. The average Bonchev–Trinajstić information content (AvgIpc) is 2.45. The van der Waals surface area contributed by atoms with Gasteiger partial charge in [-0.2, -0.15) is 0 Å². The lowest BCUT2D eigenvalue weighted by Crippen LogP contribution is -1.83. The molecule has 2 rings (SSSR count). The SMILES string of the molecule is CCc1oc2c(N)cccc2c1C. The Morgan fingerprint density at radius 3 is 2.77 bits per heavy atom.